The summed E-state index contributed by atoms with van der Waals surface area (Å²) in [5.74, 6) is 0. The van der Waals surface area contributed by atoms with Crippen molar-refractivity contribution in [3.8, 4) is 5.69 Å². The van der Waals surface area contributed by atoms with Gasteiger partial charge in [-0.2, -0.15) is 0 Å². The van der Waals surface area contributed by atoms with Crippen molar-refractivity contribution in [1.29, 1.82) is 0 Å². The fourth-order valence-electron chi connectivity index (χ4n) is 1.93. The third kappa shape index (κ3) is 3.42. The molecule has 102 valence electrons. The number of rotatable bonds is 5. The van der Waals surface area contributed by atoms with Crippen molar-refractivity contribution in [2.75, 3.05) is 0 Å². The van der Waals surface area contributed by atoms with E-state index >= 15 is 0 Å². The van der Waals surface area contributed by atoms with Crippen molar-refractivity contribution in [3.05, 3.63) is 40.1 Å². The van der Waals surface area contributed by atoms with Gasteiger partial charge < -0.3 is 5.32 Å². The Morgan fingerprint density at radius 3 is 2.84 bits per heavy atom. The summed E-state index contributed by atoms with van der Waals surface area (Å²) in [5.41, 5.74) is 3.43. The SMILES string of the molecule is CCc1cc(Br)ccc1-n1nncc1CNC(C)C. The van der Waals surface area contributed by atoms with Crippen LogP contribution in [0.15, 0.2) is 28.9 Å². The molecule has 0 unspecified atom stereocenters. The first kappa shape index (κ1) is 14.2. The number of benzene rings is 1. The zero-order valence-corrected chi connectivity index (χ0v) is 13.1. The van der Waals surface area contributed by atoms with Crippen molar-refractivity contribution in [3.63, 3.8) is 0 Å². The summed E-state index contributed by atoms with van der Waals surface area (Å²) in [5, 5.41) is 11.6. The Morgan fingerprint density at radius 1 is 1.37 bits per heavy atom. The van der Waals surface area contributed by atoms with Crippen molar-refractivity contribution >= 4 is 15.9 Å². The summed E-state index contributed by atoms with van der Waals surface area (Å²) >= 11 is 3.51. The van der Waals surface area contributed by atoms with E-state index in [9.17, 15) is 0 Å². The van der Waals surface area contributed by atoms with E-state index in [1.165, 1.54) is 5.56 Å². The minimum Gasteiger partial charge on any atom is -0.309 e. The molecule has 19 heavy (non-hydrogen) atoms. The van der Waals surface area contributed by atoms with E-state index < -0.39 is 0 Å². The maximum Gasteiger partial charge on any atom is 0.0783 e. The van der Waals surface area contributed by atoms with Gasteiger partial charge in [0.1, 0.15) is 0 Å². The van der Waals surface area contributed by atoms with Crippen LogP contribution in [-0.2, 0) is 13.0 Å². The van der Waals surface area contributed by atoms with Crippen LogP contribution in [0.5, 0.6) is 0 Å². The Bertz CT molecular complexity index is 548. The number of hydrogen-bond donors (Lipinski definition) is 1. The highest BCUT2D eigenvalue weighted by Crippen LogP contribution is 2.21. The Kier molecular flexibility index (Phi) is 4.71. The fourth-order valence-corrected chi connectivity index (χ4v) is 2.34. The third-order valence-electron chi connectivity index (χ3n) is 2.96. The van der Waals surface area contributed by atoms with Gasteiger partial charge in [-0.15, -0.1) is 5.10 Å². The molecule has 1 N–H and O–H groups in total. The molecule has 4 nitrogen and oxygen atoms in total. The lowest BCUT2D eigenvalue weighted by atomic mass is 10.1. The van der Waals surface area contributed by atoms with Crippen LogP contribution in [0.2, 0.25) is 0 Å². The van der Waals surface area contributed by atoms with E-state index in [1.54, 1.807) is 0 Å². The van der Waals surface area contributed by atoms with Crippen LogP contribution in [-0.4, -0.2) is 21.0 Å². The highest BCUT2D eigenvalue weighted by atomic mass is 79.9. The second-order valence-corrected chi connectivity index (χ2v) is 5.72. The lowest BCUT2D eigenvalue weighted by Crippen LogP contribution is -2.23. The van der Waals surface area contributed by atoms with Crippen molar-refractivity contribution in [2.45, 2.75) is 39.8 Å². The minimum absolute atomic E-state index is 0.443. The first-order chi connectivity index (χ1) is 9.11. The normalized spacial score (nSPS) is 11.2. The largest absolute Gasteiger partial charge is 0.309 e. The Labute approximate surface area is 122 Å². The zero-order chi connectivity index (χ0) is 13.8. The molecule has 1 heterocycles. The summed E-state index contributed by atoms with van der Waals surface area (Å²) in [6.07, 6.45) is 2.78. The standard InChI is InChI=1S/C14H19BrN4/c1-4-11-7-12(15)5-6-14(11)19-13(9-17-18-19)8-16-10(2)3/h5-7,9-10,16H,4,8H2,1-3H3. The number of aryl methyl sites for hydroxylation is 1. The summed E-state index contributed by atoms with van der Waals surface area (Å²) < 4.78 is 3.01. The molecule has 0 aliphatic rings. The van der Waals surface area contributed by atoms with Crippen LogP contribution in [0.25, 0.3) is 5.69 Å². The molecule has 0 saturated carbocycles. The van der Waals surface area contributed by atoms with Crippen LogP contribution in [0.3, 0.4) is 0 Å². The molecule has 0 atom stereocenters. The molecule has 0 fully saturated rings. The summed E-state index contributed by atoms with van der Waals surface area (Å²) in [4.78, 5) is 0. The topological polar surface area (TPSA) is 42.7 Å². The van der Waals surface area contributed by atoms with Crippen LogP contribution >= 0.6 is 15.9 Å². The highest BCUT2D eigenvalue weighted by Gasteiger charge is 2.10. The summed E-state index contributed by atoms with van der Waals surface area (Å²) in [6, 6.07) is 6.70. The van der Waals surface area contributed by atoms with Gasteiger partial charge in [0, 0.05) is 17.1 Å². The van der Waals surface area contributed by atoms with Crippen molar-refractivity contribution in [1.82, 2.24) is 20.3 Å². The second kappa shape index (κ2) is 6.30. The summed E-state index contributed by atoms with van der Waals surface area (Å²) in [7, 11) is 0. The van der Waals surface area contributed by atoms with E-state index in [1.807, 2.05) is 16.9 Å². The Hall–Kier alpha value is -1.20. The predicted octanol–water partition coefficient (Wildman–Crippen LogP) is 3.09. The average Bonchev–Trinajstić information content (AvgIpc) is 2.84. The zero-order valence-electron chi connectivity index (χ0n) is 11.5. The number of halogens is 1. The fraction of sp³-hybridized carbons (Fsp3) is 0.429. The number of nitrogens with zero attached hydrogens (tertiary/aromatic N) is 3. The van der Waals surface area contributed by atoms with Gasteiger partial charge in [-0.1, -0.05) is 41.9 Å². The van der Waals surface area contributed by atoms with Gasteiger partial charge in [0.15, 0.2) is 0 Å². The van der Waals surface area contributed by atoms with E-state index in [4.69, 9.17) is 0 Å². The van der Waals surface area contributed by atoms with E-state index in [-0.39, 0.29) is 0 Å². The molecule has 0 saturated heterocycles. The Balaban J connectivity index is 2.34. The number of hydrogen-bond acceptors (Lipinski definition) is 3. The van der Waals surface area contributed by atoms with Crippen LogP contribution in [0, 0.1) is 0 Å². The molecule has 2 aromatic rings. The quantitative estimate of drug-likeness (QED) is 0.919. The third-order valence-corrected chi connectivity index (χ3v) is 3.46. The maximum absolute atomic E-state index is 4.21. The monoisotopic (exact) mass is 322 g/mol. The van der Waals surface area contributed by atoms with Crippen LogP contribution in [0.1, 0.15) is 32.0 Å². The molecule has 2 rings (SSSR count). The van der Waals surface area contributed by atoms with Crippen molar-refractivity contribution in [2.24, 2.45) is 0 Å². The van der Waals surface area contributed by atoms with Gasteiger partial charge in [-0.05, 0) is 30.2 Å². The molecule has 0 aliphatic carbocycles. The Morgan fingerprint density at radius 2 is 2.16 bits per heavy atom. The lowest BCUT2D eigenvalue weighted by molar-refractivity contribution is 0.570. The molecule has 0 radical (unpaired) electrons. The molecule has 5 heteroatoms. The predicted molar refractivity (Wildman–Crippen MR) is 80.4 cm³/mol. The van der Waals surface area contributed by atoms with Gasteiger partial charge in [0.2, 0.25) is 0 Å². The van der Waals surface area contributed by atoms with Crippen molar-refractivity contribution < 1.29 is 0 Å². The number of aromatic nitrogens is 3. The van der Waals surface area contributed by atoms with E-state index in [2.05, 4.69) is 64.5 Å². The molecular formula is C14H19BrN4. The van der Waals surface area contributed by atoms with Crippen LogP contribution < -0.4 is 5.32 Å². The lowest BCUT2D eigenvalue weighted by Gasteiger charge is -2.12. The minimum atomic E-state index is 0.443. The molecule has 0 amide bonds. The molecule has 0 bridgehead atoms. The first-order valence-electron chi connectivity index (χ1n) is 6.53. The van der Waals surface area contributed by atoms with E-state index in [0.717, 1.165) is 28.8 Å². The van der Waals surface area contributed by atoms with Crippen LogP contribution in [0.4, 0.5) is 0 Å². The van der Waals surface area contributed by atoms with Gasteiger partial charge in [-0.3, -0.25) is 0 Å². The van der Waals surface area contributed by atoms with Gasteiger partial charge in [0.05, 0.1) is 17.6 Å². The molecule has 0 aliphatic heterocycles. The van der Waals surface area contributed by atoms with Gasteiger partial charge in [-0.25, -0.2) is 4.68 Å². The smallest absolute Gasteiger partial charge is 0.0783 e. The highest BCUT2D eigenvalue weighted by molar-refractivity contribution is 9.10. The van der Waals surface area contributed by atoms with E-state index in [0.29, 0.717) is 6.04 Å². The molecule has 1 aromatic heterocycles. The first-order valence-corrected chi connectivity index (χ1v) is 7.33. The number of nitrogens with one attached hydrogen (secondary N) is 1. The molecule has 1 aromatic carbocycles. The van der Waals surface area contributed by atoms with Gasteiger partial charge >= 0.3 is 0 Å². The second-order valence-electron chi connectivity index (χ2n) is 4.80. The average molecular weight is 323 g/mol. The van der Waals surface area contributed by atoms with Gasteiger partial charge in [0.25, 0.3) is 0 Å². The maximum atomic E-state index is 4.21. The summed E-state index contributed by atoms with van der Waals surface area (Å²) in [6.45, 7) is 7.18. The molecular weight excluding hydrogens is 304 g/mol. The molecule has 0 spiro atoms.